The van der Waals surface area contributed by atoms with Crippen LogP contribution in [0.25, 0.3) is 0 Å². The molecular weight excluding hydrogens is 358 g/mol. The van der Waals surface area contributed by atoms with Crippen molar-refractivity contribution in [3.63, 3.8) is 0 Å². The van der Waals surface area contributed by atoms with Crippen molar-refractivity contribution in [2.75, 3.05) is 39.4 Å². The second-order valence-corrected chi connectivity index (χ2v) is 7.18. The van der Waals surface area contributed by atoms with Crippen molar-refractivity contribution in [2.45, 2.75) is 20.0 Å². The van der Waals surface area contributed by atoms with Crippen LogP contribution in [0.1, 0.15) is 24.2 Å². The molecule has 2 rings (SSSR count). The number of amides is 2. The van der Waals surface area contributed by atoms with Crippen molar-refractivity contribution >= 4 is 23.4 Å². The monoisotopic (exact) mass is 383 g/mol. The molecule has 3 N–H and O–H groups in total. The normalized spacial score (nSPS) is 17.9. The van der Waals surface area contributed by atoms with Crippen LogP contribution in [0.4, 0.5) is 0 Å². The van der Waals surface area contributed by atoms with Crippen molar-refractivity contribution in [2.24, 2.45) is 11.7 Å². The first-order valence-electron chi connectivity index (χ1n) is 8.68. The summed E-state index contributed by atoms with van der Waals surface area (Å²) in [5.41, 5.74) is 5.47. The number of nitrogens with zero attached hydrogens (tertiary/aromatic N) is 1. The number of benzene rings is 1. The van der Waals surface area contributed by atoms with E-state index in [-0.39, 0.29) is 29.9 Å². The minimum atomic E-state index is -0.641. The molecule has 0 bridgehead atoms. The Morgan fingerprint density at radius 2 is 2.23 bits per heavy atom. The zero-order valence-electron chi connectivity index (χ0n) is 15.2. The second kappa shape index (κ2) is 9.75. The van der Waals surface area contributed by atoms with Crippen molar-refractivity contribution in [3.8, 4) is 5.75 Å². The first kappa shape index (κ1) is 20.5. The van der Waals surface area contributed by atoms with Crippen LogP contribution in [0.3, 0.4) is 0 Å². The Balaban J connectivity index is 1.79. The maximum Gasteiger partial charge on any atom is 0.258 e. The van der Waals surface area contributed by atoms with Gasteiger partial charge in [0.15, 0.2) is 6.61 Å². The Labute approximate surface area is 158 Å². The zero-order valence-corrected chi connectivity index (χ0v) is 15.9. The standard InChI is InChI=1S/C18H26ClN3O4/c1-12(2)9-22-5-6-25-14(10-22)8-21-17(23)11-26-16-7-13(19)3-4-15(16)18(20)24/h3-4,7,12,14H,5-6,8-11H2,1-2H3,(H2,20,24)(H,21,23). The van der Waals surface area contributed by atoms with Gasteiger partial charge in [-0.1, -0.05) is 25.4 Å². The number of nitrogens with two attached hydrogens (primary N) is 1. The Bertz CT molecular complexity index is 639. The van der Waals surface area contributed by atoms with Gasteiger partial charge in [0.05, 0.1) is 18.3 Å². The molecule has 1 saturated heterocycles. The van der Waals surface area contributed by atoms with Crippen molar-refractivity contribution in [1.82, 2.24) is 10.2 Å². The molecule has 7 nitrogen and oxygen atoms in total. The molecule has 1 heterocycles. The molecule has 0 saturated carbocycles. The van der Waals surface area contributed by atoms with Gasteiger partial charge in [-0.2, -0.15) is 0 Å². The number of primary amides is 1. The molecule has 1 atom stereocenters. The maximum atomic E-state index is 12.0. The number of ether oxygens (including phenoxy) is 2. The summed E-state index contributed by atoms with van der Waals surface area (Å²) in [6.45, 7) is 7.92. The molecule has 0 spiro atoms. The molecule has 0 radical (unpaired) electrons. The summed E-state index contributed by atoms with van der Waals surface area (Å²) in [7, 11) is 0. The first-order chi connectivity index (χ1) is 12.3. The van der Waals surface area contributed by atoms with E-state index < -0.39 is 5.91 Å². The Hall–Kier alpha value is -1.83. The minimum absolute atomic E-state index is 0.0428. The largest absolute Gasteiger partial charge is 0.483 e. The summed E-state index contributed by atoms with van der Waals surface area (Å²) in [6, 6.07) is 4.47. The average Bonchev–Trinajstić information content (AvgIpc) is 2.57. The van der Waals surface area contributed by atoms with Crippen molar-refractivity contribution in [3.05, 3.63) is 28.8 Å². The average molecular weight is 384 g/mol. The zero-order chi connectivity index (χ0) is 19.1. The van der Waals surface area contributed by atoms with Gasteiger partial charge in [0.1, 0.15) is 5.75 Å². The third-order valence-electron chi connectivity index (χ3n) is 3.94. The van der Waals surface area contributed by atoms with E-state index in [0.29, 0.717) is 24.1 Å². The lowest BCUT2D eigenvalue weighted by Gasteiger charge is -2.33. The van der Waals surface area contributed by atoms with Crippen LogP contribution >= 0.6 is 11.6 Å². The summed E-state index contributed by atoms with van der Waals surface area (Å²) >= 11 is 5.90. The summed E-state index contributed by atoms with van der Waals surface area (Å²) in [4.78, 5) is 25.8. The highest BCUT2D eigenvalue weighted by atomic mass is 35.5. The number of rotatable bonds is 8. The van der Waals surface area contributed by atoms with Crippen LogP contribution in [0, 0.1) is 5.92 Å². The van der Waals surface area contributed by atoms with Crippen molar-refractivity contribution < 1.29 is 19.1 Å². The molecule has 0 aliphatic carbocycles. The number of morpholine rings is 1. The molecule has 8 heteroatoms. The molecule has 1 fully saturated rings. The van der Waals surface area contributed by atoms with E-state index in [2.05, 4.69) is 24.1 Å². The van der Waals surface area contributed by atoms with Crippen LogP contribution in [0.15, 0.2) is 18.2 Å². The smallest absolute Gasteiger partial charge is 0.258 e. The molecule has 1 aromatic rings. The predicted molar refractivity (Wildman–Crippen MR) is 99.5 cm³/mol. The van der Waals surface area contributed by atoms with Gasteiger partial charge in [0, 0.05) is 31.2 Å². The molecule has 144 valence electrons. The number of nitrogens with one attached hydrogen (secondary N) is 1. The van der Waals surface area contributed by atoms with Gasteiger partial charge >= 0.3 is 0 Å². The number of hydrogen-bond acceptors (Lipinski definition) is 5. The molecular formula is C18H26ClN3O4. The summed E-state index contributed by atoms with van der Waals surface area (Å²) in [6.07, 6.45) is -0.0428. The molecule has 1 aliphatic heterocycles. The lowest BCUT2D eigenvalue weighted by atomic mass is 10.2. The second-order valence-electron chi connectivity index (χ2n) is 6.74. The van der Waals surface area contributed by atoms with Gasteiger partial charge in [-0.15, -0.1) is 0 Å². The Morgan fingerprint density at radius 3 is 2.92 bits per heavy atom. The van der Waals surface area contributed by atoms with E-state index in [0.717, 1.165) is 19.6 Å². The molecule has 2 amide bonds. The Kier molecular flexibility index (Phi) is 7.68. The van der Waals surface area contributed by atoms with Crippen LogP contribution in [0.2, 0.25) is 5.02 Å². The van der Waals surface area contributed by atoms with Gasteiger partial charge in [-0.25, -0.2) is 0 Å². The molecule has 0 aromatic heterocycles. The van der Waals surface area contributed by atoms with Gasteiger partial charge in [0.2, 0.25) is 0 Å². The highest BCUT2D eigenvalue weighted by Crippen LogP contribution is 2.23. The third kappa shape index (κ3) is 6.48. The van der Waals surface area contributed by atoms with Gasteiger partial charge in [-0.3, -0.25) is 14.5 Å². The lowest BCUT2D eigenvalue weighted by molar-refractivity contribution is -0.124. The molecule has 1 aromatic carbocycles. The highest BCUT2D eigenvalue weighted by molar-refractivity contribution is 6.30. The van der Waals surface area contributed by atoms with E-state index in [4.69, 9.17) is 26.8 Å². The number of hydrogen-bond donors (Lipinski definition) is 2. The number of carbonyl (C=O) groups is 2. The summed E-state index contributed by atoms with van der Waals surface area (Å²) in [5.74, 6) is -0.158. The number of carbonyl (C=O) groups excluding carboxylic acids is 2. The van der Waals surface area contributed by atoms with E-state index in [1.807, 2.05) is 0 Å². The van der Waals surface area contributed by atoms with Gasteiger partial charge < -0.3 is 20.5 Å². The lowest BCUT2D eigenvalue weighted by Crippen LogP contribution is -2.48. The fourth-order valence-electron chi connectivity index (χ4n) is 2.83. The molecule has 26 heavy (non-hydrogen) atoms. The van der Waals surface area contributed by atoms with Crippen LogP contribution in [0.5, 0.6) is 5.75 Å². The van der Waals surface area contributed by atoms with Gasteiger partial charge in [0.25, 0.3) is 11.8 Å². The third-order valence-corrected chi connectivity index (χ3v) is 4.18. The van der Waals surface area contributed by atoms with Crippen molar-refractivity contribution in [1.29, 1.82) is 0 Å². The highest BCUT2D eigenvalue weighted by Gasteiger charge is 2.21. The van der Waals surface area contributed by atoms with Crippen LogP contribution < -0.4 is 15.8 Å². The minimum Gasteiger partial charge on any atom is -0.483 e. The van der Waals surface area contributed by atoms with E-state index in [9.17, 15) is 9.59 Å². The van der Waals surface area contributed by atoms with E-state index >= 15 is 0 Å². The molecule has 1 aliphatic rings. The van der Waals surface area contributed by atoms with Crippen LogP contribution in [-0.2, 0) is 9.53 Å². The SMILES string of the molecule is CC(C)CN1CCOC(CNC(=O)COc2cc(Cl)ccc2C(N)=O)C1. The van der Waals surface area contributed by atoms with Gasteiger partial charge in [-0.05, 0) is 24.1 Å². The van der Waals surface area contributed by atoms with E-state index in [1.165, 1.54) is 18.2 Å². The fourth-order valence-corrected chi connectivity index (χ4v) is 2.99. The Morgan fingerprint density at radius 1 is 1.46 bits per heavy atom. The summed E-state index contributed by atoms with van der Waals surface area (Å²) in [5, 5.41) is 3.19. The number of halogens is 1. The summed E-state index contributed by atoms with van der Waals surface area (Å²) < 4.78 is 11.1. The maximum absolute atomic E-state index is 12.0. The quantitative estimate of drug-likeness (QED) is 0.705. The predicted octanol–water partition coefficient (Wildman–Crippen LogP) is 1.29. The van der Waals surface area contributed by atoms with Crippen LogP contribution in [-0.4, -0.2) is 62.2 Å². The first-order valence-corrected chi connectivity index (χ1v) is 9.05. The van der Waals surface area contributed by atoms with E-state index in [1.54, 1.807) is 0 Å². The molecule has 1 unspecified atom stereocenters. The topological polar surface area (TPSA) is 93.9 Å². The fraction of sp³-hybridized carbons (Fsp3) is 0.556.